The predicted octanol–water partition coefficient (Wildman–Crippen LogP) is 6.78. The first-order valence-corrected chi connectivity index (χ1v) is 13.1. The highest BCUT2D eigenvalue weighted by atomic mass is 19.4. The molecule has 3 aromatic carbocycles. The summed E-state index contributed by atoms with van der Waals surface area (Å²) in [5.74, 6) is -1.08. The molecule has 1 aliphatic heterocycles. The Labute approximate surface area is 237 Å². The molecule has 2 atom stereocenters. The average molecular weight is 592 g/mol. The third-order valence-corrected chi connectivity index (χ3v) is 7.07. The van der Waals surface area contributed by atoms with Crippen molar-refractivity contribution in [2.45, 2.75) is 50.2 Å². The molecule has 11 heteroatoms. The van der Waals surface area contributed by atoms with Crippen LogP contribution in [0.3, 0.4) is 0 Å². The van der Waals surface area contributed by atoms with E-state index in [-0.39, 0.29) is 41.1 Å². The number of hydrogen-bond donors (Lipinski definition) is 2. The molecule has 1 fully saturated rings. The van der Waals surface area contributed by atoms with Gasteiger partial charge in [-0.3, -0.25) is 4.79 Å². The summed E-state index contributed by atoms with van der Waals surface area (Å²) >= 11 is 0. The van der Waals surface area contributed by atoms with Crippen molar-refractivity contribution in [3.63, 3.8) is 0 Å². The zero-order valence-electron chi connectivity index (χ0n) is 22.1. The molecule has 2 N–H and O–H groups in total. The molecule has 3 aromatic rings. The molecule has 0 spiro atoms. The Morgan fingerprint density at radius 2 is 1.55 bits per heavy atom. The van der Waals surface area contributed by atoms with Gasteiger partial charge in [0.25, 0.3) is 0 Å². The van der Waals surface area contributed by atoms with E-state index in [2.05, 4.69) is 0 Å². The number of benzene rings is 3. The highest BCUT2D eigenvalue weighted by Gasteiger charge is 2.37. The smallest absolute Gasteiger partial charge is 0.416 e. The van der Waals surface area contributed by atoms with E-state index in [1.165, 1.54) is 36.4 Å². The second-order valence-corrected chi connectivity index (χ2v) is 10.1. The molecule has 1 saturated heterocycles. The number of likely N-dealkylation sites (tertiary alicyclic amines) is 1. The highest BCUT2D eigenvalue weighted by Crippen LogP contribution is 2.38. The standard InChI is InChI=1S/C31H27F6NO4/c32-30(33,34)24-16-23(17-25(18-24)31(35,36)37)22-3-1-2-20(14-22)15-27(39)10-8-26-9-11-28(40)38(26)13-12-19-4-6-21(7-5-19)29(41)42/h1-8,10,14,16-18,26-27,39H,9,11-13,15H2,(H,41,42)/b10-8+/t26-,27+/m0/s1. The maximum atomic E-state index is 13.3. The molecule has 4 rings (SSSR count). The van der Waals surface area contributed by atoms with Crippen LogP contribution in [0.1, 0.15) is 45.5 Å². The average Bonchev–Trinajstić information content (AvgIpc) is 3.28. The summed E-state index contributed by atoms with van der Waals surface area (Å²) in [6, 6.07) is 13.5. The summed E-state index contributed by atoms with van der Waals surface area (Å²) in [4.78, 5) is 25.1. The first-order valence-electron chi connectivity index (χ1n) is 13.1. The second kappa shape index (κ2) is 12.4. The van der Waals surface area contributed by atoms with Gasteiger partial charge in [0.15, 0.2) is 0 Å². The van der Waals surface area contributed by atoms with Crippen molar-refractivity contribution in [1.82, 2.24) is 4.90 Å². The minimum Gasteiger partial charge on any atom is -0.478 e. The largest absolute Gasteiger partial charge is 0.478 e. The monoisotopic (exact) mass is 591 g/mol. The Balaban J connectivity index is 1.43. The second-order valence-electron chi connectivity index (χ2n) is 10.1. The molecule has 0 aromatic heterocycles. The fraction of sp³-hybridized carbons (Fsp3) is 0.290. The van der Waals surface area contributed by atoms with Crippen LogP contribution in [0.15, 0.2) is 78.9 Å². The third-order valence-electron chi connectivity index (χ3n) is 7.07. The lowest BCUT2D eigenvalue weighted by Gasteiger charge is -2.23. The van der Waals surface area contributed by atoms with Crippen molar-refractivity contribution in [3.8, 4) is 11.1 Å². The number of rotatable bonds is 9. The number of nitrogens with zero attached hydrogens (tertiary/aromatic N) is 1. The van der Waals surface area contributed by atoms with Gasteiger partial charge in [0, 0.05) is 19.4 Å². The fourth-order valence-corrected chi connectivity index (χ4v) is 4.88. The molecule has 0 aliphatic carbocycles. The molecular formula is C31H27F6NO4. The summed E-state index contributed by atoms with van der Waals surface area (Å²) in [5, 5.41) is 19.6. The molecule has 5 nitrogen and oxygen atoms in total. The van der Waals surface area contributed by atoms with E-state index < -0.39 is 35.6 Å². The number of amides is 1. The highest BCUT2D eigenvalue weighted by molar-refractivity contribution is 5.87. The normalized spacial score (nSPS) is 16.8. The molecule has 0 unspecified atom stereocenters. The lowest BCUT2D eigenvalue weighted by atomic mass is 9.96. The molecule has 0 radical (unpaired) electrons. The number of aliphatic hydroxyl groups is 1. The van der Waals surface area contributed by atoms with E-state index in [4.69, 9.17) is 5.11 Å². The van der Waals surface area contributed by atoms with Gasteiger partial charge in [-0.15, -0.1) is 0 Å². The molecule has 1 heterocycles. The number of halogens is 6. The SMILES string of the molecule is O=C(O)c1ccc(CCN2C(=O)CC[C@@H]2/C=C/[C@@H](O)Cc2cccc(-c3cc(C(F)(F)F)cc(C(F)(F)F)c3)c2)cc1. The van der Waals surface area contributed by atoms with Gasteiger partial charge in [-0.2, -0.15) is 26.3 Å². The Morgan fingerprint density at radius 3 is 2.14 bits per heavy atom. The van der Waals surface area contributed by atoms with Crippen LogP contribution in [0.2, 0.25) is 0 Å². The number of carbonyl (C=O) groups is 2. The Morgan fingerprint density at radius 1 is 0.905 bits per heavy atom. The molecule has 0 saturated carbocycles. The third kappa shape index (κ3) is 7.79. The van der Waals surface area contributed by atoms with Crippen molar-refractivity contribution in [1.29, 1.82) is 0 Å². The molecule has 42 heavy (non-hydrogen) atoms. The number of aromatic carboxylic acids is 1. The fourth-order valence-electron chi connectivity index (χ4n) is 4.88. The maximum Gasteiger partial charge on any atom is 0.416 e. The van der Waals surface area contributed by atoms with E-state index in [0.29, 0.717) is 43.5 Å². The Hall–Kier alpha value is -4.12. The topological polar surface area (TPSA) is 77.8 Å². The molecular weight excluding hydrogens is 564 g/mol. The van der Waals surface area contributed by atoms with E-state index >= 15 is 0 Å². The van der Waals surface area contributed by atoms with Crippen LogP contribution in [-0.2, 0) is 30.0 Å². The van der Waals surface area contributed by atoms with Crippen molar-refractivity contribution < 1.29 is 46.1 Å². The van der Waals surface area contributed by atoms with Gasteiger partial charge in [-0.1, -0.05) is 48.6 Å². The van der Waals surface area contributed by atoms with Crippen LogP contribution in [0.4, 0.5) is 26.3 Å². The molecule has 1 amide bonds. The van der Waals surface area contributed by atoms with E-state index in [1.54, 1.807) is 29.2 Å². The number of hydrogen-bond acceptors (Lipinski definition) is 3. The van der Waals surface area contributed by atoms with Crippen LogP contribution in [0, 0.1) is 0 Å². The number of carboxylic acid groups (broad SMARTS) is 1. The minimum atomic E-state index is -4.96. The van der Waals surface area contributed by atoms with Crippen LogP contribution in [0.5, 0.6) is 0 Å². The summed E-state index contributed by atoms with van der Waals surface area (Å²) in [6.07, 6.45) is -6.26. The number of alkyl halides is 6. The van der Waals surface area contributed by atoms with Gasteiger partial charge < -0.3 is 15.1 Å². The van der Waals surface area contributed by atoms with Gasteiger partial charge in [-0.25, -0.2) is 4.79 Å². The predicted molar refractivity (Wildman–Crippen MR) is 143 cm³/mol. The Bertz CT molecular complexity index is 1430. The zero-order chi connectivity index (χ0) is 30.7. The van der Waals surface area contributed by atoms with Crippen molar-refractivity contribution in [2.75, 3.05) is 6.54 Å². The first-order chi connectivity index (χ1) is 19.7. The van der Waals surface area contributed by atoms with Gasteiger partial charge in [0.2, 0.25) is 5.91 Å². The van der Waals surface area contributed by atoms with Crippen molar-refractivity contribution in [3.05, 3.63) is 107 Å². The van der Waals surface area contributed by atoms with E-state index in [1.807, 2.05) is 0 Å². The van der Waals surface area contributed by atoms with Crippen molar-refractivity contribution >= 4 is 11.9 Å². The lowest BCUT2D eigenvalue weighted by Crippen LogP contribution is -2.33. The quantitative estimate of drug-likeness (QED) is 0.212. The van der Waals surface area contributed by atoms with Crippen LogP contribution < -0.4 is 0 Å². The molecule has 1 aliphatic rings. The van der Waals surface area contributed by atoms with E-state index in [9.17, 15) is 41.0 Å². The summed E-state index contributed by atoms with van der Waals surface area (Å²) in [7, 11) is 0. The number of aliphatic hydroxyl groups excluding tert-OH is 1. The van der Waals surface area contributed by atoms with Gasteiger partial charge in [0.05, 0.1) is 28.8 Å². The van der Waals surface area contributed by atoms with Crippen LogP contribution in [-0.4, -0.2) is 45.7 Å². The van der Waals surface area contributed by atoms with Gasteiger partial charge >= 0.3 is 18.3 Å². The summed E-state index contributed by atoms with van der Waals surface area (Å²) in [6.45, 7) is 0.398. The zero-order valence-corrected chi connectivity index (χ0v) is 22.1. The summed E-state index contributed by atoms with van der Waals surface area (Å²) < 4.78 is 79.7. The first kappa shape index (κ1) is 30.8. The van der Waals surface area contributed by atoms with E-state index in [0.717, 1.165) is 5.56 Å². The van der Waals surface area contributed by atoms with Crippen LogP contribution >= 0.6 is 0 Å². The van der Waals surface area contributed by atoms with Crippen LogP contribution in [0.25, 0.3) is 11.1 Å². The van der Waals surface area contributed by atoms with Crippen molar-refractivity contribution in [2.24, 2.45) is 0 Å². The Kier molecular flexibility index (Phi) is 9.10. The number of carboxylic acids is 1. The molecule has 0 bridgehead atoms. The minimum absolute atomic E-state index is 0.0476. The summed E-state index contributed by atoms with van der Waals surface area (Å²) in [5.41, 5.74) is -1.39. The maximum absolute atomic E-state index is 13.3. The van der Waals surface area contributed by atoms with Gasteiger partial charge in [-0.05, 0) is 65.4 Å². The molecule has 222 valence electrons. The number of carbonyl (C=O) groups excluding carboxylic acids is 1. The lowest BCUT2D eigenvalue weighted by molar-refractivity contribution is -0.143. The van der Waals surface area contributed by atoms with Gasteiger partial charge in [0.1, 0.15) is 0 Å².